The molecule has 1 fully saturated rings. The van der Waals surface area contributed by atoms with Gasteiger partial charge in [-0.25, -0.2) is 0 Å². The molecule has 1 aliphatic carbocycles. The van der Waals surface area contributed by atoms with Gasteiger partial charge in [-0.15, -0.1) is 0 Å². The van der Waals surface area contributed by atoms with E-state index >= 15 is 0 Å². The molecule has 0 radical (unpaired) electrons. The highest BCUT2D eigenvalue weighted by Crippen LogP contribution is 2.37. The molecule has 2 aromatic carbocycles. The Morgan fingerprint density at radius 1 is 1.04 bits per heavy atom. The number of halogens is 1. The zero-order valence-electron chi connectivity index (χ0n) is 13.7. The van der Waals surface area contributed by atoms with Gasteiger partial charge in [0.05, 0.1) is 18.2 Å². The highest BCUT2D eigenvalue weighted by atomic mass is 35.5. The van der Waals surface area contributed by atoms with E-state index in [0.717, 1.165) is 36.8 Å². The van der Waals surface area contributed by atoms with E-state index in [9.17, 15) is 10.2 Å². The normalized spacial score (nSPS) is 25.4. The molecular weight excluding hydrogens is 322 g/mol. The van der Waals surface area contributed by atoms with Crippen LogP contribution in [0.3, 0.4) is 0 Å². The number of aliphatic hydroxyl groups excluding tert-OH is 1. The molecule has 3 nitrogen and oxygen atoms in total. The molecule has 128 valence electrons. The van der Waals surface area contributed by atoms with Crippen molar-refractivity contribution < 1.29 is 10.2 Å². The average molecular weight is 346 g/mol. The van der Waals surface area contributed by atoms with Crippen molar-refractivity contribution >= 4 is 11.6 Å². The number of rotatable bonds is 5. The second-order valence-electron chi connectivity index (χ2n) is 6.63. The molecule has 0 aliphatic heterocycles. The van der Waals surface area contributed by atoms with Gasteiger partial charge >= 0.3 is 0 Å². The molecule has 1 aliphatic rings. The summed E-state index contributed by atoms with van der Waals surface area (Å²) in [7, 11) is 0. The molecule has 0 bridgehead atoms. The summed E-state index contributed by atoms with van der Waals surface area (Å²) in [6.45, 7) is 0.0427. The van der Waals surface area contributed by atoms with Crippen LogP contribution < -0.4 is 5.32 Å². The first-order chi connectivity index (χ1) is 11.6. The van der Waals surface area contributed by atoms with Crippen molar-refractivity contribution in [3.63, 3.8) is 0 Å². The van der Waals surface area contributed by atoms with Crippen LogP contribution in [-0.2, 0) is 5.60 Å². The third kappa shape index (κ3) is 3.98. The molecule has 0 unspecified atom stereocenters. The Hall–Kier alpha value is -1.39. The Morgan fingerprint density at radius 3 is 2.25 bits per heavy atom. The predicted octanol–water partition coefficient (Wildman–Crippen LogP) is 3.79. The van der Waals surface area contributed by atoms with Gasteiger partial charge in [0.15, 0.2) is 0 Å². The zero-order chi connectivity index (χ0) is 17.0. The van der Waals surface area contributed by atoms with Gasteiger partial charge in [0.1, 0.15) is 0 Å². The van der Waals surface area contributed by atoms with Gasteiger partial charge in [-0.3, -0.25) is 0 Å². The van der Waals surface area contributed by atoms with Gasteiger partial charge in [0.25, 0.3) is 0 Å². The molecule has 2 aromatic rings. The van der Waals surface area contributed by atoms with E-state index in [1.54, 1.807) is 0 Å². The maximum absolute atomic E-state index is 10.9. The van der Waals surface area contributed by atoms with Crippen LogP contribution in [0, 0.1) is 0 Å². The van der Waals surface area contributed by atoms with Gasteiger partial charge in [0.2, 0.25) is 0 Å². The lowest BCUT2D eigenvalue weighted by Crippen LogP contribution is -2.42. The Labute approximate surface area is 148 Å². The van der Waals surface area contributed by atoms with Gasteiger partial charge in [-0.1, -0.05) is 54.1 Å². The van der Waals surface area contributed by atoms with Gasteiger partial charge in [0, 0.05) is 11.1 Å². The first-order valence-corrected chi connectivity index (χ1v) is 8.89. The SMILES string of the molecule is OC[C@H](NC1CCC(O)(c2ccccc2)CC1)c1ccc(Cl)cc1. The maximum atomic E-state index is 10.9. The van der Waals surface area contributed by atoms with Crippen LogP contribution in [0.5, 0.6) is 0 Å². The molecule has 0 heterocycles. The van der Waals surface area contributed by atoms with Crippen molar-refractivity contribution in [1.29, 1.82) is 0 Å². The van der Waals surface area contributed by atoms with Crippen LogP contribution in [0.1, 0.15) is 42.9 Å². The van der Waals surface area contributed by atoms with Crippen LogP contribution in [0.2, 0.25) is 5.02 Å². The van der Waals surface area contributed by atoms with Gasteiger partial charge < -0.3 is 15.5 Å². The number of aliphatic hydroxyl groups is 2. The highest BCUT2D eigenvalue weighted by Gasteiger charge is 2.35. The molecule has 1 atom stereocenters. The molecule has 0 aromatic heterocycles. The number of nitrogens with one attached hydrogen (secondary N) is 1. The van der Waals surface area contributed by atoms with Crippen LogP contribution in [-0.4, -0.2) is 22.9 Å². The Morgan fingerprint density at radius 2 is 1.67 bits per heavy atom. The van der Waals surface area contributed by atoms with E-state index in [4.69, 9.17) is 11.6 Å². The van der Waals surface area contributed by atoms with Crippen molar-refractivity contribution in [1.82, 2.24) is 5.32 Å². The van der Waals surface area contributed by atoms with E-state index in [0.29, 0.717) is 11.1 Å². The summed E-state index contributed by atoms with van der Waals surface area (Å²) >= 11 is 5.93. The molecule has 1 saturated carbocycles. The molecule has 0 amide bonds. The van der Waals surface area contributed by atoms with E-state index < -0.39 is 5.60 Å². The molecular formula is C20H24ClNO2. The monoisotopic (exact) mass is 345 g/mol. The summed E-state index contributed by atoms with van der Waals surface area (Å²) in [5.74, 6) is 0. The second kappa shape index (κ2) is 7.66. The van der Waals surface area contributed by atoms with Crippen molar-refractivity contribution in [2.45, 2.75) is 43.4 Å². The van der Waals surface area contributed by atoms with Crippen LogP contribution in [0.4, 0.5) is 0 Å². The molecule has 0 spiro atoms. The average Bonchev–Trinajstić information content (AvgIpc) is 2.63. The van der Waals surface area contributed by atoms with E-state index in [2.05, 4.69) is 5.32 Å². The first kappa shape index (κ1) is 17.4. The number of benzene rings is 2. The third-order valence-electron chi connectivity index (χ3n) is 5.02. The number of hydrogen-bond donors (Lipinski definition) is 3. The maximum Gasteiger partial charge on any atom is 0.0897 e. The van der Waals surface area contributed by atoms with Crippen molar-refractivity contribution in [2.75, 3.05) is 6.61 Å². The molecule has 24 heavy (non-hydrogen) atoms. The van der Waals surface area contributed by atoms with E-state index in [1.165, 1.54) is 0 Å². The van der Waals surface area contributed by atoms with Crippen molar-refractivity contribution in [3.05, 3.63) is 70.7 Å². The van der Waals surface area contributed by atoms with E-state index in [1.807, 2.05) is 54.6 Å². The minimum Gasteiger partial charge on any atom is -0.394 e. The third-order valence-corrected chi connectivity index (χ3v) is 5.27. The summed E-state index contributed by atoms with van der Waals surface area (Å²) in [6, 6.07) is 17.7. The summed E-state index contributed by atoms with van der Waals surface area (Å²) in [5.41, 5.74) is 1.31. The van der Waals surface area contributed by atoms with Crippen LogP contribution >= 0.6 is 11.6 Å². The molecule has 0 saturated heterocycles. The second-order valence-corrected chi connectivity index (χ2v) is 7.06. The predicted molar refractivity (Wildman–Crippen MR) is 97.0 cm³/mol. The lowest BCUT2D eigenvalue weighted by molar-refractivity contribution is -0.0101. The lowest BCUT2D eigenvalue weighted by atomic mass is 9.77. The fourth-order valence-corrected chi connectivity index (χ4v) is 3.66. The van der Waals surface area contributed by atoms with Crippen LogP contribution in [0.15, 0.2) is 54.6 Å². The molecule has 3 N–H and O–H groups in total. The molecule has 4 heteroatoms. The Kier molecular flexibility index (Phi) is 5.57. The lowest BCUT2D eigenvalue weighted by Gasteiger charge is -2.38. The largest absolute Gasteiger partial charge is 0.394 e. The van der Waals surface area contributed by atoms with Gasteiger partial charge in [-0.05, 0) is 48.9 Å². The standard InChI is InChI=1S/C20H24ClNO2/c21-17-8-6-15(7-9-17)19(14-23)22-18-10-12-20(24,13-11-18)16-4-2-1-3-5-16/h1-9,18-19,22-24H,10-14H2/t18?,19-,20?/m0/s1. The minimum atomic E-state index is -0.728. The molecule has 3 rings (SSSR count). The number of hydrogen-bond acceptors (Lipinski definition) is 3. The Bertz CT molecular complexity index is 636. The van der Waals surface area contributed by atoms with Gasteiger partial charge in [-0.2, -0.15) is 0 Å². The van der Waals surface area contributed by atoms with Crippen LogP contribution in [0.25, 0.3) is 0 Å². The topological polar surface area (TPSA) is 52.5 Å². The summed E-state index contributed by atoms with van der Waals surface area (Å²) in [5, 5.41) is 24.8. The fourth-order valence-electron chi connectivity index (χ4n) is 3.53. The summed E-state index contributed by atoms with van der Waals surface area (Å²) in [4.78, 5) is 0. The van der Waals surface area contributed by atoms with Crippen molar-refractivity contribution in [2.24, 2.45) is 0 Å². The zero-order valence-corrected chi connectivity index (χ0v) is 14.4. The first-order valence-electron chi connectivity index (χ1n) is 8.51. The Balaban J connectivity index is 1.61. The minimum absolute atomic E-state index is 0.0427. The fraction of sp³-hybridized carbons (Fsp3) is 0.400. The van der Waals surface area contributed by atoms with Crippen molar-refractivity contribution in [3.8, 4) is 0 Å². The summed E-state index contributed by atoms with van der Waals surface area (Å²) in [6.07, 6.45) is 3.23. The van der Waals surface area contributed by atoms with E-state index in [-0.39, 0.29) is 12.6 Å². The highest BCUT2D eigenvalue weighted by molar-refractivity contribution is 6.30. The summed E-state index contributed by atoms with van der Waals surface area (Å²) < 4.78 is 0. The smallest absolute Gasteiger partial charge is 0.0897 e. The quantitative estimate of drug-likeness (QED) is 0.772.